The van der Waals surface area contributed by atoms with E-state index in [-0.39, 0.29) is 0 Å². The maximum Gasteiger partial charge on any atom is 0.303 e. The summed E-state index contributed by atoms with van der Waals surface area (Å²) in [6, 6.07) is 10.5. The van der Waals surface area contributed by atoms with E-state index >= 15 is 0 Å². The van der Waals surface area contributed by atoms with E-state index in [9.17, 15) is 4.79 Å². The zero-order valence-corrected chi connectivity index (χ0v) is 19.1. The smallest absolute Gasteiger partial charge is 0.303 e. The van der Waals surface area contributed by atoms with E-state index in [1.54, 1.807) is 0 Å². The molecule has 0 unspecified atom stereocenters. The van der Waals surface area contributed by atoms with E-state index in [0.29, 0.717) is 6.42 Å². The van der Waals surface area contributed by atoms with E-state index < -0.39 is 5.97 Å². The molecule has 2 aliphatic carbocycles. The molecular formula is C27H38O2S. The predicted molar refractivity (Wildman–Crippen MR) is 130 cm³/mol. The number of hydrogen-bond donors (Lipinski definition) is 1. The number of carbonyl (C=O) groups is 1. The Morgan fingerprint density at radius 3 is 2.60 bits per heavy atom. The van der Waals surface area contributed by atoms with Crippen LogP contribution in [0.1, 0.15) is 69.8 Å². The Morgan fingerprint density at radius 1 is 1.00 bits per heavy atom. The van der Waals surface area contributed by atoms with Crippen molar-refractivity contribution in [3.8, 4) is 0 Å². The van der Waals surface area contributed by atoms with Gasteiger partial charge in [0.15, 0.2) is 0 Å². The van der Waals surface area contributed by atoms with Gasteiger partial charge in [0.2, 0.25) is 0 Å². The van der Waals surface area contributed by atoms with Crippen molar-refractivity contribution in [3.05, 3.63) is 54.1 Å². The molecule has 1 aromatic carbocycles. The molecule has 2 aliphatic rings. The van der Waals surface area contributed by atoms with Gasteiger partial charge in [-0.25, -0.2) is 0 Å². The van der Waals surface area contributed by atoms with Crippen molar-refractivity contribution < 1.29 is 9.90 Å². The maximum atomic E-state index is 10.6. The third-order valence-electron chi connectivity index (χ3n) is 7.01. The number of fused-ring (bicyclic) bond motifs is 2. The van der Waals surface area contributed by atoms with Gasteiger partial charge in [-0.1, -0.05) is 61.1 Å². The molecular weight excluding hydrogens is 388 g/mol. The number of aliphatic carboxylic acids is 1. The minimum Gasteiger partial charge on any atom is -0.481 e. The van der Waals surface area contributed by atoms with Crippen LogP contribution >= 0.6 is 11.8 Å². The van der Waals surface area contributed by atoms with Crippen LogP contribution in [0.2, 0.25) is 0 Å². The van der Waals surface area contributed by atoms with Crippen LogP contribution in [-0.2, 0) is 4.79 Å². The molecule has 2 nitrogen and oxygen atoms in total. The fourth-order valence-corrected chi connectivity index (χ4v) is 6.38. The van der Waals surface area contributed by atoms with Crippen LogP contribution in [0.4, 0.5) is 0 Å². The van der Waals surface area contributed by atoms with Crippen molar-refractivity contribution in [2.45, 2.75) is 64.2 Å². The maximum absolute atomic E-state index is 10.6. The van der Waals surface area contributed by atoms with Crippen LogP contribution in [0.15, 0.2) is 48.6 Å². The Morgan fingerprint density at radius 2 is 1.80 bits per heavy atom. The molecule has 2 saturated carbocycles. The Labute approximate surface area is 187 Å². The third-order valence-corrected chi connectivity index (χ3v) is 8.02. The lowest BCUT2D eigenvalue weighted by molar-refractivity contribution is -0.137. The van der Waals surface area contributed by atoms with Gasteiger partial charge in [-0.2, -0.15) is 11.8 Å². The van der Waals surface area contributed by atoms with Crippen molar-refractivity contribution in [1.82, 2.24) is 0 Å². The molecule has 1 N–H and O–H groups in total. The molecule has 0 aliphatic heterocycles. The molecule has 2 fully saturated rings. The molecule has 0 saturated heterocycles. The van der Waals surface area contributed by atoms with Crippen LogP contribution < -0.4 is 0 Å². The minimum atomic E-state index is -0.679. The fraction of sp³-hybridized carbons (Fsp3) is 0.593. The summed E-state index contributed by atoms with van der Waals surface area (Å²) in [4.78, 5) is 10.6. The lowest BCUT2D eigenvalue weighted by Crippen LogP contribution is -2.22. The highest BCUT2D eigenvalue weighted by atomic mass is 32.2. The molecule has 4 atom stereocenters. The number of hydrogen-bond acceptors (Lipinski definition) is 2. The molecule has 3 heteroatoms. The highest BCUT2D eigenvalue weighted by Crippen LogP contribution is 2.55. The third kappa shape index (κ3) is 7.65. The fourth-order valence-electron chi connectivity index (χ4n) is 5.57. The minimum absolute atomic E-state index is 0.293. The molecule has 0 aromatic heterocycles. The lowest BCUT2D eigenvalue weighted by atomic mass is 9.75. The molecule has 0 amide bonds. The van der Waals surface area contributed by atoms with Crippen LogP contribution in [0.5, 0.6) is 0 Å². The van der Waals surface area contributed by atoms with Gasteiger partial charge in [-0.15, -0.1) is 0 Å². The molecule has 0 spiro atoms. The number of thioether (sulfide) groups is 1. The van der Waals surface area contributed by atoms with Gasteiger partial charge in [-0.05, 0) is 86.4 Å². The monoisotopic (exact) mass is 426 g/mol. The van der Waals surface area contributed by atoms with Crippen molar-refractivity contribution in [3.63, 3.8) is 0 Å². The van der Waals surface area contributed by atoms with E-state index in [4.69, 9.17) is 5.11 Å². The summed E-state index contributed by atoms with van der Waals surface area (Å²) < 4.78 is 0. The average molecular weight is 427 g/mol. The predicted octanol–water partition coefficient (Wildman–Crippen LogP) is 7.47. The summed E-state index contributed by atoms with van der Waals surface area (Å²) in [7, 11) is 0. The standard InChI is InChI=1S/C27H38O2S/c28-27(29)16-7-2-1-6-14-25-23-17-18-24(21-23)26(25)15-8-9-19-30-20-10-13-22-11-4-3-5-12-22/h1,3-6,10-13,23-26H,2,7-9,14-21H2,(H,28,29)/t23-,24+,25-,26+/m0/s1. The summed E-state index contributed by atoms with van der Waals surface area (Å²) in [5, 5.41) is 8.73. The molecule has 0 radical (unpaired) electrons. The average Bonchev–Trinajstić information content (AvgIpc) is 3.35. The molecule has 0 heterocycles. The summed E-state index contributed by atoms with van der Waals surface area (Å²) in [5.74, 6) is 5.48. The van der Waals surface area contributed by atoms with Crippen molar-refractivity contribution in [2.24, 2.45) is 23.7 Å². The van der Waals surface area contributed by atoms with Crippen LogP contribution in [0.3, 0.4) is 0 Å². The Kier molecular flexibility index (Phi) is 10.1. The van der Waals surface area contributed by atoms with E-state index in [0.717, 1.165) is 42.3 Å². The molecule has 1 aromatic rings. The number of rotatable bonds is 14. The number of carboxylic acid groups (broad SMARTS) is 1. The Bertz CT molecular complexity index is 681. The number of unbranched alkanes of at least 4 members (excludes halogenated alkanes) is 2. The summed E-state index contributed by atoms with van der Waals surface area (Å²) in [5.41, 5.74) is 1.29. The zero-order chi connectivity index (χ0) is 21.0. The Hall–Kier alpha value is -1.48. The largest absolute Gasteiger partial charge is 0.481 e. The van der Waals surface area contributed by atoms with Gasteiger partial charge in [0.05, 0.1) is 0 Å². The zero-order valence-electron chi connectivity index (χ0n) is 18.3. The van der Waals surface area contributed by atoms with E-state index in [1.165, 1.54) is 56.3 Å². The van der Waals surface area contributed by atoms with Crippen LogP contribution in [0, 0.1) is 23.7 Å². The normalized spacial score (nSPS) is 25.6. The second kappa shape index (κ2) is 13.0. The Balaban J connectivity index is 1.28. The van der Waals surface area contributed by atoms with E-state index in [2.05, 4.69) is 66.4 Å². The van der Waals surface area contributed by atoms with Crippen molar-refractivity contribution >= 4 is 23.8 Å². The van der Waals surface area contributed by atoms with E-state index in [1.807, 2.05) is 0 Å². The SMILES string of the molecule is O=C(O)CCCC=CC[C@H]1[C@H]2CC[C@H](C2)[C@H]1CCCCSCC=Cc1ccccc1. The van der Waals surface area contributed by atoms with Gasteiger partial charge in [0.25, 0.3) is 0 Å². The molecule has 164 valence electrons. The van der Waals surface area contributed by atoms with Crippen LogP contribution in [0.25, 0.3) is 6.08 Å². The quantitative estimate of drug-likeness (QED) is 0.248. The molecule has 30 heavy (non-hydrogen) atoms. The van der Waals surface area contributed by atoms with Gasteiger partial charge in [0, 0.05) is 12.2 Å². The first-order chi connectivity index (χ1) is 14.7. The number of benzene rings is 1. The van der Waals surface area contributed by atoms with Gasteiger partial charge in [-0.3, -0.25) is 4.79 Å². The van der Waals surface area contributed by atoms with Gasteiger partial charge >= 0.3 is 5.97 Å². The topological polar surface area (TPSA) is 37.3 Å². The van der Waals surface area contributed by atoms with Crippen molar-refractivity contribution in [2.75, 3.05) is 11.5 Å². The van der Waals surface area contributed by atoms with Gasteiger partial charge in [0.1, 0.15) is 0 Å². The highest BCUT2D eigenvalue weighted by molar-refractivity contribution is 7.99. The summed E-state index contributed by atoms with van der Waals surface area (Å²) in [6.07, 6.45) is 20.8. The number of carboxylic acids is 1. The first kappa shape index (κ1) is 23.2. The second-order valence-electron chi connectivity index (χ2n) is 9.04. The van der Waals surface area contributed by atoms with Crippen molar-refractivity contribution in [1.29, 1.82) is 0 Å². The first-order valence-electron chi connectivity index (χ1n) is 11.9. The summed E-state index contributed by atoms with van der Waals surface area (Å²) >= 11 is 2.05. The van der Waals surface area contributed by atoms with Crippen LogP contribution in [-0.4, -0.2) is 22.6 Å². The molecule has 3 rings (SSSR count). The number of allylic oxidation sites excluding steroid dienone is 2. The summed E-state index contributed by atoms with van der Waals surface area (Å²) in [6.45, 7) is 0. The molecule has 2 bridgehead atoms. The second-order valence-corrected chi connectivity index (χ2v) is 10.2. The lowest BCUT2D eigenvalue weighted by Gasteiger charge is -2.30. The highest BCUT2D eigenvalue weighted by Gasteiger charge is 2.45. The first-order valence-corrected chi connectivity index (χ1v) is 13.1. The van der Waals surface area contributed by atoms with Gasteiger partial charge < -0.3 is 5.11 Å².